The van der Waals surface area contributed by atoms with E-state index in [0.717, 1.165) is 63.4 Å². The number of ether oxygens (including phenoxy) is 2. The number of hydrogen-bond donors (Lipinski definition) is 2. The van der Waals surface area contributed by atoms with Crippen LogP contribution in [-0.4, -0.2) is 56.3 Å². The molecule has 1 aliphatic heterocycles. The van der Waals surface area contributed by atoms with Gasteiger partial charge in [-0.05, 0) is 36.5 Å². The summed E-state index contributed by atoms with van der Waals surface area (Å²) in [6.45, 7) is 5.66. The summed E-state index contributed by atoms with van der Waals surface area (Å²) in [5.74, 6) is 1.28. The van der Waals surface area contributed by atoms with Gasteiger partial charge in [0.2, 0.25) is 5.91 Å². The number of rotatable bonds is 8. The zero-order chi connectivity index (χ0) is 18.2. The number of nitrogens with zero attached hydrogens (tertiary/aromatic N) is 1. The van der Waals surface area contributed by atoms with Gasteiger partial charge in [0.15, 0.2) is 0 Å². The molecule has 0 spiro atoms. The fraction of sp³-hybridized carbons (Fsp3) is 0.650. The Morgan fingerprint density at radius 2 is 2.04 bits per heavy atom. The van der Waals surface area contributed by atoms with Crippen LogP contribution in [0.5, 0.6) is 5.75 Å². The van der Waals surface area contributed by atoms with Crippen LogP contribution in [-0.2, 0) is 16.1 Å². The maximum Gasteiger partial charge on any atom is 0.220 e. The van der Waals surface area contributed by atoms with Gasteiger partial charge in [-0.2, -0.15) is 0 Å². The van der Waals surface area contributed by atoms with E-state index in [2.05, 4.69) is 10.2 Å². The Hall–Kier alpha value is -1.05. The van der Waals surface area contributed by atoms with Crippen molar-refractivity contribution >= 4 is 30.7 Å². The van der Waals surface area contributed by atoms with Crippen molar-refractivity contribution in [1.29, 1.82) is 0 Å². The maximum atomic E-state index is 12.1. The molecule has 0 bridgehead atoms. The average Bonchev–Trinajstić information content (AvgIpc) is 3.06. The predicted octanol–water partition coefficient (Wildman–Crippen LogP) is 2.37. The number of benzene rings is 1. The van der Waals surface area contributed by atoms with E-state index < -0.39 is 0 Å². The number of nitrogens with two attached hydrogens (primary N) is 1. The molecule has 1 aliphatic carbocycles. The number of carbonyl (C=O) groups excluding carboxylic acids is 1. The standard InChI is InChI=1S/C20H31N3O3.2ClH/c21-19-6-2-4-17(19)14-20(24)22-15-16-3-1-5-18(13-16)26-12-9-23-7-10-25-11-8-23;;/h1,3,5,13,17,19H,2,4,6-12,14-15,21H2,(H,22,24);2*1H/t17-,19+;;/m0../s1. The van der Waals surface area contributed by atoms with E-state index in [1.54, 1.807) is 0 Å². The Bertz CT molecular complexity index is 586. The summed E-state index contributed by atoms with van der Waals surface area (Å²) < 4.78 is 11.2. The van der Waals surface area contributed by atoms with Crippen molar-refractivity contribution in [3.63, 3.8) is 0 Å². The first-order chi connectivity index (χ1) is 12.7. The summed E-state index contributed by atoms with van der Waals surface area (Å²) in [5.41, 5.74) is 7.10. The minimum absolute atomic E-state index is 0. The van der Waals surface area contributed by atoms with Crippen LogP contribution in [0.4, 0.5) is 0 Å². The number of nitrogens with one attached hydrogen (secondary N) is 1. The normalized spacial score (nSPS) is 22.0. The first-order valence-corrected chi connectivity index (χ1v) is 9.75. The second-order valence-corrected chi connectivity index (χ2v) is 7.29. The third-order valence-corrected chi connectivity index (χ3v) is 5.33. The highest BCUT2D eigenvalue weighted by Crippen LogP contribution is 2.26. The molecule has 3 N–H and O–H groups in total. The van der Waals surface area contributed by atoms with E-state index in [-0.39, 0.29) is 36.8 Å². The van der Waals surface area contributed by atoms with Crippen molar-refractivity contribution in [2.45, 2.75) is 38.3 Å². The Morgan fingerprint density at radius 1 is 1.25 bits per heavy atom. The zero-order valence-corrected chi connectivity index (χ0v) is 17.9. The van der Waals surface area contributed by atoms with Crippen molar-refractivity contribution in [3.05, 3.63) is 29.8 Å². The predicted molar refractivity (Wildman–Crippen MR) is 115 cm³/mol. The lowest BCUT2D eigenvalue weighted by Gasteiger charge is -2.26. The quantitative estimate of drug-likeness (QED) is 0.657. The average molecular weight is 434 g/mol. The number of amides is 1. The van der Waals surface area contributed by atoms with Crippen molar-refractivity contribution < 1.29 is 14.3 Å². The van der Waals surface area contributed by atoms with Crippen molar-refractivity contribution in [2.24, 2.45) is 11.7 Å². The van der Waals surface area contributed by atoms with Gasteiger partial charge in [-0.15, -0.1) is 24.8 Å². The lowest BCUT2D eigenvalue weighted by atomic mass is 10.00. The van der Waals surface area contributed by atoms with Gasteiger partial charge in [-0.25, -0.2) is 0 Å². The molecule has 2 atom stereocenters. The molecule has 28 heavy (non-hydrogen) atoms. The van der Waals surface area contributed by atoms with E-state index in [4.69, 9.17) is 15.2 Å². The number of hydrogen-bond acceptors (Lipinski definition) is 5. The van der Waals surface area contributed by atoms with Crippen LogP contribution < -0.4 is 15.8 Å². The lowest BCUT2D eigenvalue weighted by molar-refractivity contribution is -0.122. The molecule has 2 aliphatic rings. The Balaban J connectivity index is 0.00000196. The highest BCUT2D eigenvalue weighted by Gasteiger charge is 2.25. The van der Waals surface area contributed by atoms with E-state index in [1.807, 2.05) is 24.3 Å². The second-order valence-electron chi connectivity index (χ2n) is 7.29. The Kier molecular flexibility index (Phi) is 11.8. The van der Waals surface area contributed by atoms with Gasteiger partial charge in [0.05, 0.1) is 13.2 Å². The first kappa shape index (κ1) is 25.0. The Labute approximate surface area is 180 Å². The molecular weight excluding hydrogens is 401 g/mol. The summed E-state index contributed by atoms with van der Waals surface area (Å²) in [4.78, 5) is 14.5. The van der Waals surface area contributed by atoms with Gasteiger partial charge in [-0.1, -0.05) is 18.6 Å². The fourth-order valence-electron chi connectivity index (χ4n) is 3.69. The fourth-order valence-corrected chi connectivity index (χ4v) is 3.69. The molecule has 8 heteroatoms. The number of morpholine rings is 1. The molecule has 3 rings (SSSR count). The van der Waals surface area contributed by atoms with Gasteiger partial charge in [0.1, 0.15) is 12.4 Å². The van der Waals surface area contributed by atoms with Crippen LogP contribution >= 0.6 is 24.8 Å². The SMILES string of the molecule is Cl.Cl.N[C@@H]1CCC[C@H]1CC(=O)NCc1cccc(OCCN2CCOCC2)c1. The molecule has 1 heterocycles. The molecular formula is C20H33Cl2N3O3. The second kappa shape index (κ2) is 13.2. The molecule has 1 saturated carbocycles. The van der Waals surface area contributed by atoms with Gasteiger partial charge in [0, 0.05) is 38.6 Å². The van der Waals surface area contributed by atoms with Gasteiger partial charge in [0.25, 0.3) is 0 Å². The molecule has 6 nitrogen and oxygen atoms in total. The monoisotopic (exact) mass is 433 g/mol. The van der Waals surface area contributed by atoms with Crippen molar-refractivity contribution in [1.82, 2.24) is 10.2 Å². The van der Waals surface area contributed by atoms with Crippen LogP contribution in [0.15, 0.2) is 24.3 Å². The summed E-state index contributed by atoms with van der Waals surface area (Å²) in [7, 11) is 0. The van der Waals surface area contributed by atoms with Gasteiger partial charge < -0.3 is 20.5 Å². The molecule has 0 radical (unpaired) electrons. The molecule has 1 aromatic rings. The largest absolute Gasteiger partial charge is 0.492 e. The van der Waals surface area contributed by atoms with Crippen molar-refractivity contribution in [3.8, 4) is 5.75 Å². The van der Waals surface area contributed by atoms with Crippen LogP contribution in [0.3, 0.4) is 0 Å². The minimum Gasteiger partial charge on any atom is -0.492 e. The van der Waals surface area contributed by atoms with Gasteiger partial charge in [-0.3, -0.25) is 9.69 Å². The topological polar surface area (TPSA) is 76.8 Å². The first-order valence-electron chi connectivity index (χ1n) is 9.75. The third-order valence-electron chi connectivity index (χ3n) is 5.33. The summed E-state index contributed by atoms with van der Waals surface area (Å²) in [5, 5.41) is 3.01. The molecule has 0 aromatic heterocycles. The minimum atomic E-state index is 0. The highest BCUT2D eigenvalue weighted by atomic mass is 35.5. The van der Waals surface area contributed by atoms with Crippen molar-refractivity contribution in [2.75, 3.05) is 39.5 Å². The summed E-state index contributed by atoms with van der Waals surface area (Å²) in [6, 6.07) is 8.13. The highest BCUT2D eigenvalue weighted by molar-refractivity contribution is 5.85. The van der Waals surface area contributed by atoms with E-state index in [1.165, 1.54) is 0 Å². The van der Waals surface area contributed by atoms with Crippen LogP contribution in [0.1, 0.15) is 31.2 Å². The van der Waals surface area contributed by atoms with Gasteiger partial charge >= 0.3 is 0 Å². The van der Waals surface area contributed by atoms with Crippen LogP contribution in [0, 0.1) is 5.92 Å². The molecule has 160 valence electrons. The number of carbonyl (C=O) groups is 1. The van der Waals surface area contributed by atoms with E-state index in [9.17, 15) is 4.79 Å². The van der Waals surface area contributed by atoms with Crippen LogP contribution in [0.25, 0.3) is 0 Å². The Morgan fingerprint density at radius 3 is 2.75 bits per heavy atom. The summed E-state index contributed by atoms with van der Waals surface area (Å²) >= 11 is 0. The van der Waals surface area contributed by atoms with E-state index in [0.29, 0.717) is 25.5 Å². The molecule has 1 aromatic carbocycles. The third kappa shape index (κ3) is 8.13. The number of halogens is 2. The summed E-state index contributed by atoms with van der Waals surface area (Å²) in [6.07, 6.45) is 3.79. The molecule has 2 fully saturated rings. The molecule has 1 amide bonds. The molecule has 1 saturated heterocycles. The smallest absolute Gasteiger partial charge is 0.220 e. The maximum absolute atomic E-state index is 12.1. The van der Waals surface area contributed by atoms with Crippen LogP contribution in [0.2, 0.25) is 0 Å². The zero-order valence-electron chi connectivity index (χ0n) is 16.3. The molecule has 0 unspecified atom stereocenters. The van der Waals surface area contributed by atoms with E-state index >= 15 is 0 Å². The lowest BCUT2D eigenvalue weighted by Crippen LogP contribution is -2.38.